The number of carbonyl (C=O) groups is 2. The number of benzene rings is 1. The fourth-order valence-corrected chi connectivity index (χ4v) is 1.71. The van der Waals surface area contributed by atoms with Gasteiger partial charge in [0.15, 0.2) is 11.6 Å². The van der Waals surface area contributed by atoms with Crippen LogP contribution in [0, 0.1) is 11.6 Å². The van der Waals surface area contributed by atoms with Crippen molar-refractivity contribution in [2.45, 2.75) is 25.9 Å². The Morgan fingerprint density at radius 1 is 1.35 bits per heavy atom. The minimum Gasteiger partial charge on any atom is -0.480 e. The van der Waals surface area contributed by atoms with Gasteiger partial charge >= 0.3 is 12.0 Å². The number of carboxylic acid groups (broad SMARTS) is 1. The highest BCUT2D eigenvalue weighted by Crippen LogP contribution is 2.09. The molecule has 0 aromatic heterocycles. The van der Waals surface area contributed by atoms with Gasteiger partial charge < -0.3 is 15.3 Å². The van der Waals surface area contributed by atoms with Crippen LogP contribution in [0.2, 0.25) is 0 Å². The Morgan fingerprint density at radius 3 is 2.50 bits per heavy atom. The van der Waals surface area contributed by atoms with Crippen molar-refractivity contribution in [3.05, 3.63) is 35.4 Å². The largest absolute Gasteiger partial charge is 0.480 e. The average molecular weight is 286 g/mol. The zero-order valence-corrected chi connectivity index (χ0v) is 11.2. The van der Waals surface area contributed by atoms with E-state index < -0.39 is 29.7 Å². The lowest BCUT2D eigenvalue weighted by Crippen LogP contribution is -2.46. The van der Waals surface area contributed by atoms with Crippen molar-refractivity contribution < 1.29 is 23.5 Å². The van der Waals surface area contributed by atoms with E-state index in [1.165, 1.54) is 13.1 Å². The number of nitrogens with zero attached hydrogens (tertiary/aromatic N) is 1. The van der Waals surface area contributed by atoms with Gasteiger partial charge in [-0.05, 0) is 24.1 Å². The Morgan fingerprint density at radius 2 is 2.00 bits per heavy atom. The van der Waals surface area contributed by atoms with Crippen molar-refractivity contribution in [1.82, 2.24) is 10.2 Å². The molecule has 0 heterocycles. The number of halogens is 2. The molecule has 0 aliphatic heterocycles. The van der Waals surface area contributed by atoms with Crippen molar-refractivity contribution >= 4 is 12.0 Å². The number of hydrogen-bond acceptors (Lipinski definition) is 2. The Hall–Kier alpha value is -2.18. The molecule has 2 N–H and O–H groups in total. The van der Waals surface area contributed by atoms with Gasteiger partial charge in [0.25, 0.3) is 0 Å². The molecule has 20 heavy (non-hydrogen) atoms. The Bertz CT molecular complexity index is 508. The molecule has 0 saturated heterocycles. The average Bonchev–Trinajstić information content (AvgIpc) is 2.40. The van der Waals surface area contributed by atoms with Crippen molar-refractivity contribution in [3.8, 4) is 0 Å². The number of nitrogens with one attached hydrogen (secondary N) is 1. The summed E-state index contributed by atoms with van der Waals surface area (Å²) in [5.74, 6) is -3.06. The van der Waals surface area contributed by atoms with Gasteiger partial charge in [-0.15, -0.1) is 0 Å². The Kier molecular flexibility index (Phi) is 5.42. The summed E-state index contributed by atoms with van der Waals surface area (Å²) in [6.07, 6.45) is 0.268. The van der Waals surface area contributed by atoms with Crippen LogP contribution in [-0.4, -0.2) is 35.1 Å². The van der Waals surface area contributed by atoms with Gasteiger partial charge in [0.05, 0.1) is 0 Å². The molecule has 0 fully saturated rings. The molecular weight excluding hydrogens is 270 g/mol. The smallest absolute Gasteiger partial charge is 0.326 e. The maximum atomic E-state index is 13.0. The lowest BCUT2D eigenvalue weighted by molar-refractivity contribution is -0.141. The molecule has 1 atom stereocenters. The maximum absolute atomic E-state index is 13.0. The summed E-state index contributed by atoms with van der Waals surface area (Å²) in [5, 5.41) is 11.4. The number of carboxylic acids is 1. The summed E-state index contributed by atoms with van der Waals surface area (Å²) in [6.45, 7) is 1.63. The van der Waals surface area contributed by atoms with Gasteiger partial charge in [-0.25, -0.2) is 18.4 Å². The number of amides is 2. The van der Waals surface area contributed by atoms with Gasteiger partial charge in [0.1, 0.15) is 6.04 Å². The highest BCUT2D eigenvalue weighted by Gasteiger charge is 2.24. The normalized spacial score (nSPS) is 11.8. The van der Waals surface area contributed by atoms with Gasteiger partial charge in [-0.1, -0.05) is 13.0 Å². The molecule has 1 rings (SSSR count). The highest BCUT2D eigenvalue weighted by molar-refractivity contribution is 5.82. The van der Waals surface area contributed by atoms with Gasteiger partial charge in [0, 0.05) is 13.6 Å². The minimum atomic E-state index is -1.10. The van der Waals surface area contributed by atoms with Crippen LogP contribution in [0.15, 0.2) is 18.2 Å². The van der Waals surface area contributed by atoms with E-state index in [-0.39, 0.29) is 13.0 Å². The third-order valence-electron chi connectivity index (χ3n) is 2.89. The monoisotopic (exact) mass is 286 g/mol. The van der Waals surface area contributed by atoms with Gasteiger partial charge in [-0.2, -0.15) is 0 Å². The van der Waals surface area contributed by atoms with Crippen LogP contribution in [0.4, 0.5) is 13.6 Å². The summed E-state index contributed by atoms with van der Waals surface area (Å²) in [5.41, 5.74) is 0.383. The number of urea groups is 1. The molecule has 0 bridgehead atoms. The summed E-state index contributed by atoms with van der Waals surface area (Å²) in [6, 6.07) is 1.76. The van der Waals surface area contributed by atoms with E-state index in [9.17, 15) is 18.4 Å². The van der Waals surface area contributed by atoms with E-state index in [0.29, 0.717) is 5.56 Å². The molecule has 110 valence electrons. The second-order valence-electron chi connectivity index (χ2n) is 4.28. The Labute approximate surface area is 115 Å². The second-order valence-corrected chi connectivity index (χ2v) is 4.28. The van der Waals surface area contributed by atoms with Crippen LogP contribution < -0.4 is 5.32 Å². The minimum absolute atomic E-state index is 0.0174. The molecule has 0 saturated carbocycles. The first-order valence-electron chi connectivity index (χ1n) is 6.04. The number of carbonyl (C=O) groups excluding carboxylic acids is 1. The number of likely N-dealkylation sites (N-methyl/N-ethyl adjacent to an activating group) is 1. The molecular formula is C13H16F2N2O3. The van der Waals surface area contributed by atoms with Crippen LogP contribution in [0.25, 0.3) is 0 Å². The van der Waals surface area contributed by atoms with Crippen LogP contribution in [0.1, 0.15) is 18.9 Å². The molecule has 5 nitrogen and oxygen atoms in total. The Balaban J connectivity index is 2.62. The molecule has 7 heteroatoms. The third-order valence-corrected chi connectivity index (χ3v) is 2.89. The van der Waals surface area contributed by atoms with Gasteiger partial charge in [-0.3, -0.25) is 0 Å². The number of aliphatic carboxylic acids is 1. The maximum Gasteiger partial charge on any atom is 0.326 e. The van der Waals surface area contributed by atoms with Crippen molar-refractivity contribution in [2.24, 2.45) is 0 Å². The van der Waals surface area contributed by atoms with E-state index in [1.807, 2.05) is 0 Å². The summed E-state index contributed by atoms with van der Waals surface area (Å²) < 4.78 is 25.7. The molecule has 1 unspecified atom stereocenters. The van der Waals surface area contributed by atoms with Crippen LogP contribution in [0.5, 0.6) is 0 Å². The van der Waals surface area contributed by atoms with Gasteiger partial charge in [0.2, 0.25) is 0 Å². The lowest BCUT2D eigenvalue weighted by Gasteiger charge is -2.24. The topological polar surface area (TPSA) is 69.6 Å². The predicted octanol–water partition coefficient (Wildman–Crippen LogP) is 1.97. The fourth-order valence-electron chi connectivity index (χ4n) is 1.71. The highest BCUT2D eigenvalue weighted by atomic mass is 19.2. The quantitative estimate of drug-likeness (QED) is 0.869. The van der Waals surface area contributed by atoms with E-state index in [4.69, 9.17) is 5.11 Å². The summed E-state index contributed by atoms with van der Waals surface area (Å²) >= 11 is 0. The van der Waals surface area contributed by atoms with E-state index in [2.05, 4.69) is 5.32 Å². The summed E-state index contributed by atoms with van der Waals surface area (Å²) in [4.78, 5) is 23.7. The fraction of sp³-hybridized carbons (Fsp3) is 0.385. The number of hydrogen-bond donors (Lipinski definition) is 2. The summed E-state index contributed by atoms with van der Waals surface area (Å²) in [7, 11) is 1.36. The zero-order chi connectivity index (χ0) is 15.3. The SMILES string of the molecule is CCC(C(=O)O)N(C)C(=O)NCc1ccc(F)c(F)c1. The van der Waals surface area contributed by atoms with Crippen molar-refractivity contribution in [3.63, 3.8) is 0 Å². The molecule has 0 aliphatic rings. The molecule has 0 spiro atoms. The second kappa shape index (κ2) is 6.83. The zero-order valence-electron chi connectivity index (χ0n) is 11.2. The third kappa shape index (κ3) is 3.91. The van der Waals surface area contributed by atoms with Crippen LogP contribution >= 0.6 is 0 Å². The van der Waals surface area contributed by atoms with Crippen LogP contribution in [-0.2, 0) is 11.3 Å². The first-order chi connectivity index (χ1) is 9.36. The van der Waals surface area contributed by atoms with Crippen molar-refractivity contribution in [1.29, 1.82) is 0 Å². The predicted molar refractivity (Wildman–Crippen MR) is 68.1 cm³/mol. The van der Waals surface area contributed by atoms with E-state index in [0.717, 1.165) is 17.0 Å². The number of rotatable bonds is 5. The first kappa shape index (κ1) is 15.9. The standard InChI is InChI=1S/C13H16F2N2O3/c1-3-11(12(18)19)17(2)13(20)16-7-8-4-5-9(14)10(15)6-8/h4-6,11H,3,7H2,1-2H3,(H,16,20)(H,18,19). The molecule has 2 amide bonds. The first-order valence-corrected chi connectivity index (χ1v) is 6.04. The lowest BCUT2D eigenvalue weighted by atomic mass is 10.2. The van der Waals surface area contributed by atoms with Crippen LogP contribution in [0.3, 0.4) is 0 Å². The molecule has 0 radical (unpaired) electrons. The van der Waals surface area contributed by atoms with E-state index >= 15 is 0 Å². The molecule has 0 aliphatic carbocycles. The molecule has 1 aromatic carbocycles. The van der Waals surface area contributed by atoms with E-state index in [1.54, 1.807) is 6.92 Å². The van der Waals surface area contributed by atoms with Crippen molar-refractivity contribution in [2.75, 3.05) is 7.05 Å². The molecule has 1 aromatic rings.